The molecule has 1 aliphatic heterocycles. The number of anilines is 1. The van der Waals surface area contributed by atoms with Crippen molar-refractivity contribution in [3.63, 3.8) is 0 Å². The minimum Gasteiger partial charge on any atom is -0.365 e. The highest BCUT2D eigenvalue weighted by Gasteiger charge is 2.22. The molecule has 0 bridgehead atoms. The normalized spacial score (nSPS) is 17.9. The van der Waals surface area contributed by atoms with E-state index in [0.717, 1.165) is 31.0 Å². The molecular formula is C10H16N4. The van der Waals surface area contributed by atoms with E-state index in [1.165, 1.54) is 0 Å². The maximum Gasteiger partial charge on any atom is 0.129 e. The van der Waals surface area contributed by atoms with Crippen molar-refractivity contribution >= 4 is 5.82 Å². The quantitative estimate of drug-likeness (QED) is 0.768. The van der Waals surface area contributed by atoms with Crippen molar-refractivity contribution in [1.82, 2.24) is 14.9 Å². The molecule has 0 atom stereocenters. The van der Waals surface area contributed by atoms with Gasteiger partial charge < -0.3 is 10.2 Å². The van der Waals surface area contributed by atoms with Crippen LogP contribution in [-0.2, 0) is 6.42 Å². The van der Waals surface area contributed by atoms with Crippen LogP contribution in [0.4, 0.5) is 5.82 Å². The van der Waals surface area contributed by atoms with Crippen LogP contribution in [0.2, 0.25) is 0 Å². The lowest BCUT2D eigenvalue weighted by atomic mass is 10.1. The minimum atomic E-state index is 0.555. The van der Waals surface area contributed by atoms with Crippen molar-refractivity contribution in [2.75, 3.05) is 25.5 Å². The Balaban J connectivity index is 1.95. The molecule has 76 valence electrons. The number of hydrogen-bond donors (Lipinski definition) is 1. The molecule has 0 amide bonds. The monoisotopic (exact) mass is 192 g/mol. The van der Waals surface area contributed by atoms with Gasteiger partial charge in [0.25, 0.3) is 0 Å². The van der Waals surface area contributed by atoms with Crippen LogP contribution in [0.5, 0.6) is 0 Å². The average Bonchev–Trinajstić information content (AvgIpc) is 2.16. The number of nitrogens with zero attached hydrogens (tertiary/aromatic N) is 3. The number of nitrogens with one attached hydrogen (secondary N) is 1. The molecule has 1 aromatic rings. The van der Waals surface area contributed by atoms with Crippen molar-refractivity contribution in [3.8, 4) is 0 Å². The van der Waals surface area contributed by atoms with Crippen molar-refractivity contribution in [1.29, 1.82) is 0 Å². The van der Waals surface area contributed by atoms with Gasteiger partial charge in [-0.3, -0.25) is 0 Å². The van der Waals surface area contributed by atoms with Crippen LogP contribution in [0, 0.1) is 0 Å². The lowest BCUT2D eigenvalue weighted by Crippen LogP contribution is -2.52. The first-order chi connectivity index (χ1) is 6.78. The molecular weight excluding hydrogens is 176 g/mol. The summed E-state index contributed by atoms with van der Waals surface area (Å²) in [6.07, 6.45) is 2.59. The van der Waals surface area contributed by atoms with E-state index in [0.29, 0.717) is 6.04 Å². The van der Waals surface area contributed by atoms with Gasteiger partial charge in [0.1, 0.15) is 12.1 Å². The fourth-order valence-corrected chi connectivity index (χ4v) is 1.67. The summed E-state index contributed by atoms with van der Waals surface area (Å²) in [7, 11) is 2.12. The summed E-state index contributed by atoms with van der Waals surface area (Å²) in [6, 6.07) is 2.58. The molecule has 0 aromatic carbocycles. The summed E-state index contributed by atoms with van der Waals surface area (Å²) >= 11 is 0. The first-order valence-corrected chi connectivity index (χ1v) is 5.04. The summed E-state index contributed by atoms with van der Waals surface area (Å²) in [5, 5.41) is 3.39. The highest BCUT2D eigenvalue weighted by atomic mass is 15.2. The lowest BCUT2D eigenvalue weighted by molar-refractivity contribution is 0.205. The maximum atomic E-state index is 4.19. The van der Waals surface area contributed by atoms with Crippen LogP contribution in [0.1, 0.15) is 12.6 Å². The highest BCUT2D eigenvalue weighted by molar-refractivity contribution is 5.36. The smallest absolute Gasteiger partial charge is 0.129 e. The van der Waals surface area contributed by atoms with E-state index in [1.807, 2.05) is 6.07 Å². The zero-order chi connectivity index (χ0) is 9.97. The van der Waals surface area contributed by atoms with Crippen molar-refractivity contribution in [3.05, 3.63) is 18.1 Å². The molecule has 1 fully saturated rings. The summed E-state index contributed by atoms with van der Waals surface area (Å²) in [4.78, 5) is 10.6. The van der Waals surface area contributed by atoms with Gasteiger partial charge in [-0.15, -0.1) is 0 Å². The third-order valence-corrected chi connectivity index (χ3v) is 2.50. The number of hydrogen-bond acceptors (Lipinski definition) is 4. The molecule has 0 unspecified atom stereocenters. The van der Waals surface area contributed by atoms with E-state index in [9.17, 15) is 0 Å². The Labute approximate surface area is 84.4 Å². The van der Waals surface area contributed by atoms with Crippen LogP contribution in [0.15, 0.2) is 12.4 Å². The molecule has 4 nitrogen and oxygen atoms in total. The average molecular weight is 192 g/mol. The Morgan fingerprint density at radius 3 is 2.93 bits per heavy atom. The molecule has 0 aliphatic carbocycles. The molecule has 1 saturated heterocycles. The first-order valence-electron chi connectivity index (χ1n) is 5.04. The molecule has 0 saturated carbocycles. The molecule has 14 heavy (non-hydrogen) atoms. The van der Waals surface area contributed by atoms with Gasteiger partial charge in [-0.2, -0.15) is 0 Å². The Morgan fingerprint density at radius 1 is 1.50 bits per heavy atom. The number of likely N-dealkylation sites (N-methyl/N-ethyl adjacent to an activating group) is 1. The van der Waals surface area contributed by atoms with Gasteiger partial charge in [-0.1, -0.05) is 6.92 Å². The van der Waals surface area contributed by atoms with Crippen LogP contribution in [-0.4, -0.2) is 41.0 Å². The molecule has 0 radical (unpaired) electrons. The second-order valence-corrected chi connectivity index (χ2v) is 3.81. The maximum absolute atomic E-state index is 4.19. The fraction of sp³-hybridized carbons (Fsp3) is 0.600. The van der Waals surface area contributed by atoms with Gasteiger partial charge in [0.15, 0.2) is 0 Å². The summed E-state index contributed by atoms with van der Waals surface area (Å²) < 4.78 is 0. The van der Waals surface area contributed by atoms with Gasteiger partial charge >= 0.3 is 0 Å². The second-order valence-electron chi connectivity index (χ2n) is 3.81. The van der Waals surface area contributed by atoms with Crippen molar-refractivity contribution in [2.24, 2.45) is 0 Å². The molecule has 2 heterocycles. The number of aryl methyl sites for hydroxylation is 1. The summed E-state index contributed by atoms with van der Waals surface area (Å²) in [6.45, 7) is 4.31. The van der Waals surface area contributed by atoms with Gasteiger partial charge in [-0.05, 0) is 13.5 Å². The van der Waals surface area contributed by atoms with Gasteiger partial charge in [-0.25, -0.2) is 9.97 Å². The Morgan fingerprint density at radius 2 is 2.29 bits per heavy atom. The Hall–Kier alpha value is -1.16. The third kappa shape index (κ3) is 2.01. The molecule has 1 aliphatic rings. The van der Waals surface area contributed by atoms with E-state index in [-0.39, 0.29) is 0 Å². The zero-order valence-electron chi connectivity index (χ0n) is 8.70. The topological polar surface area (TPSA) is 41.0 Å². The SMILES string of the molecule is CCc1cc(NC2CN(C)C2)ncn1. The van der Waals surface area contributed by atoms with Crippen LogP contribution in [0.3, 0.4) is 0 Å². The third-order valence-electron chi connectivity index (χ3n) is 2.50. The first kappa shape index (κ1) is 9.40. The Bertz CT molecular complexity index is 307. The van der Waals surface area contributed by atoms with Crippen LogP contribution in [0.25, 0.3) is 0 Å². The van der Waals surface area contributed by atoms with Gasteiger partial charge in [0, 0.05) is 24.8 Å². The molecule has 1 N–H and O–H groups in total. The van der Waals surface area contributed by atoms with E-state index in [4.69, 9.17) is 0 Å². The lowest BCUT2D eigenvalue weighted by Gasteiger charge is -2.36. The summed E-state index contributed by atoms with van der Waals surface area (Å²) in [5.41, 5.74) is 1.09. The molecule has 1 aromatic heterocycles. The standard InChI is InChI=1S/C10H16N4/c1-3-8-4-10(12-7-11-8)13-9-5-14(2)6-9/h4,7,9H,3,5-6H2,1-2H3,(H,11,12,13). The van der Waals surface area contributed by atoms with Gasteiger partial charge in [0.2, 0.25) is 0 Å². The predicted octanol–water partition coefficient (Wildman–Crippen LogP) is 0.765. The van der Waals surface area contributed by atoms with E-state index < -0.39 is 0 Å². The molecule has 0 spiro atoms. The van der Waals surface area contributed by atoms with Crippen LogP contribution < -0.4 is 5.32 Å². The highest BCUT2D eigenvalue weighted by Crippen LogP contribution is 2.11. The molecule has 4 heteroatoms. The number of rotatable bonds is 3. The number of aromatic nitrogens is 2. The second kappa shape index (κ2) is 3.92. The molecule has 2 rings (SSSR count). The van der Waals surface area contributed by atoms with E-state index in [1.54, 1.807) is 6.33 Å². The van der Waals surface area contributed by atoms with Gasteiger partial charge in [0.05, 0.1) is 6.04 Å². The Kier molecular flexibility index (Phi) is 2.63. The van der Waals surface area contributed by atoms with Crippen LogP contribution >= 0.6 is 0 Å². The van der Waals surface area contributed by atoms with Crippen molar-refractivity contribution < 1.29 is 0 Å². The largest absolute Gasteiger partial charge is 0.365 e. The number of likely N-dealkylation sites (tertiary alicyclic amines) is 1. The van der Waals surface area contributed by atoms with E-state index >= 15 is 0 Å². The summed E-state index contributed by atoms with van der Waals surface area (Å²) in [5.74, 6) is 0.954. The predicted molar refractivity (Wildman–Crippen MR) is 56.3 cm³/mol. The fourth-order valence-electron chi connectivity index (χ4n) is 1.67. The van der Waals surface area contributed by atoms with Crippen molar-refractivity contribution in [2.45, 2.75) is 19.4 Å². The minimum absolute atomic E-state index is 0.555. The zero-order valence-corrected chi connectivity index (χ0v) is 8.70. The van der Waals surface area contributed by atoms with E-state index in [2.05, 4.69) is 34.2 Å².